The van der Waals surface area contributed by atoms with E-state index in [0.29, 0.717) is 10.1 Å². The van der Waals surface area contributed by atoms with Crippen LogP contribution in [0, 0.1) is 5.82 Å². The minimum atomic E-state index is -4.61. The molecule has 3 aromatic heterocycles. The minimum absolute atomic E-state index is 0.0271. The first-order chi connectivity index (χ1) is 13.6. The van der Waals surface area contributed by atoms with Gasteiger partial charge in [0.1, 0.15) is 10.7 Å². The third-order valence-electron chi connectivity index (χ3n) is 4.06. The van der Waals surface area contributed by atoms with Gasteiger partial charge in [-0.1, -0.05) is 23.2 Å². The summed E-state index contributed by atoms with van der Waals surface area (Å²) in [4.78, 5) is 12.7. The number of pyridine rings is 1. The number of aromatic nitrogens is 3. The number of hydrogen-bond acceptors (Lipinski definition) is 4. The van der Waals surface area contributed by atoms with Crippen LogP contribution in [0.2, 0.25) is 10.0 Å². The molecule has 4 rings (SSSR count). The van der Waals surface area contributed by atoms with Crippen molar-refractivity contribution in [2.24, 2.45) is 0 Å². The maximum Gasteiger partial charge on any atom is 0.417 e. The predicted molar refractivity (Wildman–Crippen MR) is 101 cm³/mol. The van der Waals surface area contributed by atoms with Crippen LogP contribution in [0.1, 0.15) is 21.1 Å². The van der Waals surface area contributed by atoms with Crippen LogP contribution in [0.15, 0.2) is 30.5 Å². The summed E-state index contributed by atoms with van der Waals surface area (Å²) in [6, 6.07) is 4.71. The number of fused-ring (bicyclic) bond motifs is 2. The molecule has 0 aliphatic carbocycles. The number of thiophene rings is 1. The van der Waals surface area contributed by atoms with Gasteiger partial charge in [0, 0.05) is 16.3 Å². The van der Waals surface area contributed by atoms with Gasteiger partial charge < -0.3 is 5.32 Å². The van der Waals surface area contributed by atoms with E-state index in [4.69, 9.17) is 23.2 Å². The van der Waals surface area contributed by atoms with E-state index in [2.05, 4.69) is 15.5 Å². The Hall–Kier alpha value is -2.43. The highest BCUT2D eigenvalue weighted by atomic mass is 35.5. The van der Waals surface area contributed by atoms with Gasteiger partial charge in [-0.2, -0.15) is 13.2 Å². The smallest absolute Gasteiger partial charge is 0.344 e. The van der Waals surface area contributed by atoms with E-state index in [0.717, 1.165) is 28.0 Å². The lowest BCUT2D eigenvalue weighted by atomic mass is 10.2. The number of alkyl halides is 3. The van der Waals surface area contributed by atoms with Crippen LogP contribution in [0.5, 0.6) is 0 Å². The van der Waals surface area contributed by atoms with Crippen molar-refractivity contribution in [2.75, 3.05) is 0 Å². The van der Waals surface area contributed by atoms with E-state index in [1.165, 1.54) is 18.2 Å². The van der Waals surface area contributed by atoms with Gasteiger partial charge in [0.05, 0.1) is 22.2 Å². The molecular weight excluding hydrogens is 455 g/mol. The van der Waals surface area contributed by atoms with Crippen LogP contribution in [-0.2, 0) is 12.7 Å². The second kappa shape index (κ2) is 7.12. The van der Waals surface area contributed by atoms with E-state index in [1.807, 2.05) is 0 Å². The summed E-state index contributed by atoms with van der Waals surface area (Å²) in [6.07, 6.45) is -3.81. The Balaban J connectivity index is 1.62. The normalized spacial score (nSPS) is 12.1. The molecule has 1 N–H and O–H groups in total. The molecule has 1 amide bonds. The van der Waals surface area contributed by atoms with Crippen LogP contribution in [0.25, 0.3) is 15.7 Å². The van der Waals surface area contributed by atoms with Gasteiger partial charge in [-0.25, -0.2) is 4.39 Å². The molecule has 0 fully saturated rings. The lowest BCUT2D eigenvalue weighted by Crippen LogP contribution is -2.23. The molecule has 1 aromatic carbocycles. The molecule has 3 heterocycles. The molecule has 0 saturated carbocycles. The fourth-order valence-corrected chi connectivity index (χ4v) is 4.40. The van der Waals surface area contributed by atoms with Crippen molar-refractivity contribution < 1.29 is 22.4 Å². The van der Waals surface area contributed by atoms with Crippen LogP contribution >= 0.6 is 34.5 Å². The SMILES string of the molecule is O=C(NCc1nnc2c(Cl)cc(C(F)(F)F)cn12)c1sc2cc(F)ccc2c1Cl. The van der Waals surface area contributed by atoms with Crippen LogP contribution < -0.4 is 5.32 Å². The maximum atomic E-state index is 13.4. The first kappa shape index (κ1) is 19.9. The summed E-state index contributed by atoms with van der Waals surface area (Å²) in [5.41, 5.74) is -0.948. The third kappa shape index (κ3) is 3.63. The molecule has 5 nitrogen and oxygen atoms in total. The molecule has 29 heavy (non-hydrogen) atoms. The molecule has 0 saturated heterocycles. The molecule has 0 bridgehead atoms. The first-order valence-corrected chi connectivity index (χ1v) is 9.48. The molecule has 12 heteroatoms. The Labute approximate surface area is 173 Å². The number of halogens is 6. The number of nitrogens with zero attached hydrogens (tertiary/aromatic N) is 3. The molecule has 0 radical (unpaired) electrons. The standard InChI is InChI=1S/C17H8Cl2F4N4OS/c18-10-3-7(17(21,22)23)6-27-12(25-26-15(10)27)5-24-16(28)14-13(19)9-2-1-8(20)4-11(9)29-14/h1-4,6H,5H2,(H,24,28). The molecule has 0 aliphatic heterocycles. The van der Waals surface area contributed by atoms with Crippen molar-refractivity contribution in [1.82, 2.24) is 19.9 Å². The Bertz CT molecular complexity index is 1270. The highest BCUT2D eigenvalue weighted by molar-refractivity contribution is 7.21. The van der Waals surface area contributed by atoms with E-state index in [-0.39, 0.29) is 32.9 Å². The van der Waals surface area contributed by atoms with Gasteiger partial charge >= 0.3 is 6.18 Å². The van der Waals surface area contributed by atoms with E-state index >= 15 is 0 Å². The number of carbonyl (C=O) groups excluding carboxylic acids is 1. The largest absolute Gasteiger partial charge is 0.417 e. The van der Waals surface area contributed by atoms with E-state index in [9.17, 15) is 22.4 Å². The molecule has 0 aliphatic rings. The summed E-state index contributed by atoms with van der Waals surface area (Å²) in [7, 11) is 0. The van der Waals surface area contributed by atoms with Gasteiger partial charge in [-0.05, 0) is 24.3 Å². The van der Waals surface area contributed by atoms with Crippen LogP contribution in [-0.4, -0.2) is 20.5 Å². The van der Waals surface area contributed by atoms with Gasteiger partial charge in [-0.15, -0.1) is 21.5 Å². The number of rotatable bonds is 3. The number of benzene rings is 1. The van der Waals surface area contributed by atoms with E-state index < -0.39 is 23.5 Å². The summed E-state index contributed by atoms with van der Waals surface area (Å²) >= 11 is 13.1. The molecule has 4 aromatic rings. The van der Waals surface area contributed by atoms with Crippen molar-refractivity contribution in [3.8, 4) is 0 Å². The predicted octanol–water partition coefficient (Wildman–Crippen LogP) is 5.34. The Morgan fingerprint density at radius 2 is 1.97 bits per heavy atom. The number of carbonyl (C=O) groups is 1. The van der Waals surface area contributed by atoms with Gasteiger partial charge in [0.15, 0.2) is 11.5 Å². The lowest BCUT2D eigenvalue weighted by Gasteiger charge is -2.09. The van der Waals surface area contributed by atoms with E-state index in [1.54, 1.807) is 0 Å². The quantitative estimate of drug-likeness (QED) is 0.418. The van der Waals surface area contributed by atoms with Gasteiger partial charge in [-0.3, -0.25) is 9.20 Å². The average molecular weight is 463 g/mol. The third-order valence-corrected chi connectivity index (χ3v) is 6.00. The Kier molecular flexibility index (Phi) is 4.88. The number of hydrogen-bond donors (Lipinski definition) is 1. The first-order valence-electron chi connectivity index (χ1n) is 7.91. The highest BCUT2D eigenvalue weighted by Crippen LogP contribution is 2.36. The summed E-state index contributed by atoms with van der Waals surface area (Å²) in [5.74, 6) is -0.995. The summed E-state index contributed by atoms with van der Waals surface area (Å²) in [6.45, 7) is -0.226. The highest BCUT2D eigenvalue weighted by Gasteiger charge is 2.32. The van der Waals surface area contributed by atoms with Crippen molar-refractivity contribution in [2.45, 2.75) is 12.7 Å². The maximum absolute atomic E-state index is 13.4. The molecule has 0 unspecified atom stereocenters. The molecule has 150 valence electrons. The Morgan fingerprint density at radius 1 is 1.21 bits per heavy atom. The van der Waals surface area contributed by atoms with Gasteiger partial charge in [0.25, 0.3) is 5.91 Å². The Morgan fingerprint density at radius 3 is 2.69 bits per heavy atom. The molecular formula is C17H8Cl2F4N4OS. The second-order valence-corrected chi connectivity index (χ2v) is 7.79. The molecule has 0 atom stereocenters. The summed E-state index contributed by atoms with van der Waals surface area (Å²) < 4.78 is 54.0. The lowest BCUT2D eigenvalue weighted by molar-refractivity contribution is -0.137. The van der Waals surface area contributed by atoms with Gasteiger partial charge in [0.2, 0.25) is 0 Å². The van der Waals surface area contributed by atoms with Crippen LogP contribution in [0.4, 0.5) is 17.6 Å². The topological polar surface area (TPSA) is 59.3 Å². The summed E-state index contributed by atoms with van der Waals surface area (Å²) in [5, 5.41) is 10.5. The van der Waals surface area contributed by atoms with Crippen molar-refractivity contribution in [3.63, 3.8) is 0 Å². The fraction of sp³-hybridized carbons (Fsp3) is 0.118. The molecule has 0 spiro atoms. The minimum Gasteiger partial charge on any atom is -0.344 e. The fourth-order valence-electron chi connectivity index (χ4n) is 2.70. The zero-order chi connectivity index (χ0) is 20.9. The van der Waals surface area contributed by atoms with Crippen LogP contribution in [0.3, 0.4) is 0 Å². The van der Waals surface area contributed by atoms with Crippen molar-refractivity contribution >= 4 is 56.2 Å². The monoisotopic (exact) mass is 462 g/mol. The average Bonchev–Trinajstić information content (AvgIpc) is 3.20. The second-order valence-electron chi connectivity index (χ2n) is 5.95. The van der Waals surface area contributed by atoms with Crippen molar-refractivity contribution in [3.05, 3.63) is 62.6 Å². The number of amides is 1. The zero-order valence-electron chi connectivity index (χ0n) is 14.0. The number of nitrogens with one attached hydrogen (secondary N) is 1. The van der Waals surface area contributed by atoms with Crippen molar-refractivity contribution in [1.29, 1.82) is 0 Å². The zero-order valence-corrected chi connectivity index (χ0v) is 16.3.